The Balaban J connectivity index is 1.42. The van der Waals surface area contributed by atoms with E-state index in [1.807, 2.05) is 43.3 Å². The summed E-state index contributed by atoms with van der Waals surface area (Å²) in [6.45, 7) is 2.28. The molecular formula is C24H28N6O3S. The van der Waals surface area contributed by atoms with Crippen molar-refractivity contribution >= 4 is 40.3 Å². The average molecular weight is 481 g/mol. The molecule has 0 atom stereocenters. The van der Waals surface area contributed by atoms with E-state index >= 15 is 0 Å². The fraction of sp³-hybridized carbons (Fsp3) is 0.292. The molecule has 178 valence electrons. The molecule has 0 fully saturated rings. The van der Waals surface area contributed by atoms with Gasteiger partial charge in [-0.25, -0.2) is 4.79 Å². The molecule has 1 aliphatic heterocycles. The number of likely N-dealkylation sites (N-methyl/N-ethyl adjacent to an activating group) is 1. The van der Waals surface area contributed by atoms with Gasteiger partial charge in [0, 0.05) is 48.7 Å². The van der Waals surface area contributed by atoms with Gasteiger partial charge in [-0.05, 0) is 49.5 Å². The van der Waals surface area contributed by atoms with Crippen LogP contribution in [0, 0.1) is 0 Å². The highest BCUT2D eigenvalue weighted by Gasteiger charge is 2.18. The molecule has 3 aromatic rings. The van der Waals surface area contributed by atoms with Crippen LogP contribution in [0.1, 0.15) is 21.6 Å². The number of ether oxygens (including phenoxy) is 1. The minimum absolute atomic E-state index is 0.199. The molecule has 3 amide bonds. The second-order valence-electron chi connectivity index (χ2n) is 8.32. The summed E-state index contributed by atoms with van der Waals surface area (Å²) in [6.07, 6.45) is 2.46. The van der Waals surface area contributed by atoms with Gasteiger partial charge in [-0.2, -0.15) is 0 Å². The molecule has 4 N–H and O–H groups in total. The van der Waals surface area contributed by atoms with Crippen LogP contribution in [0.25, 0.3) is 0 Å². The second kappa shape index (κ2) is 10.5. The maximum atomic E-state index is 13.1. The van der Waals surface area contributed by atoms with Gasteiger partial charge in [-0.3, -0.25) is 9.78 Å². The van der Waals surface area contributed by atoms with Crippen LogP contribution in [0.15, 0.2) is 47.3 Å². The zero-order chi connectivity index (χ0) is 24.1. The highest BCUT2D eigenvalue weighted by Crippen LogP contribution is 2.28. The third kappa shape index (κ3) is 5.83. The van der Waals surface area contributed by atoms with Crippen molar-refractivity contribution in [3.8, 4) is 5.75 Å². The molecule has 34 heavy (non-hydrogen) atoms. The first-order valence-electron chi connectivity index (χ1n) is 10.9. The second-order valence-corrected chi connectivity index (χ2v) is 9.07. The first-order valence-corrected chi connectivity index (χ1v) is 11.9. The third-order valence-electron chi connectivity index (χ3n) is 5.42. The van der Waals surface area contributed by atoms with E-state index in [4.69, 9.17) is 10.5 Å². The molecule has 0 saturated heterocycles. The fourth-order valence-electron chi connectivity index (χ4n) is 3.51. The van der Waals surface area contributed by atoms with Crippen molar-refractivity contribution in [2.45, 2.75) is 13.0 Å². The van der Waals surface area contributed by atoms with Crippen molar-refractivity contribution < 1.29 is 14.3 Å². The van der Waals surface area contributed by atoms with Gasteiger partial charge >= 0.3 is 6.03 Å². The number of rotatable bonds is 8. The number of carbonyl (C=O) groups is 2. The van der Waals surface area contributed by atoms with E-state index < -0.39 is 0 Å². The predicted molar refractivity (Wildman–Crippen MR) is 135 cm³/mol. The summed E-state index contributed by atoms with van der Waals surface area (Å²) in [5.74, 6) is 0.541. The van der Waals surface area contributed by atoms with Gasteiger partial charge in [-0.15, -0.1) is 11.3 Å². The number of fused-ring (bicyclic) bond motifs is 1. The Kier molecular flexibility index (Phi) is 7.29. The minimum atomic E-state index is -0.334. The van der Waals surface area contributed by atoms with Crippen LogP contribution < -0.4 is 21.1 Å². The van der Waals surface area contributed by atoms with E-state index in [0.717, 1.165) is 29.0 Å². The number of nitrogen functional groups attached to an aromatic ring is 1. The summed E-state index contributed by atoms with van der Waals surface area (Å²) in [6, 6.07) is 8.95. The van der Waals surface area contributed by atoms with E-state index in [1.165, 1.54) is 11.3 Å². The van der Waals surface area contributed by atoms with E-state index in [1.54, 1.807) is 27.9 Å². The number of aromatic nitrogens is 1. The van der Waals surface area contributed by atoms with E-state index in [-0.39, 0.29) is 17.6 Å². The van der Waals surface area contributed by atoms with Crippen molar-refractivity contribution in [3.05, 3.63) is 64.1 Å². The summed E-state index contributed by atoms with van der Waals surface area (Å²) in [5, 5.41) is 9.29. The monoisotopic (exact) mass is 480 g/mol. The largest absolute Gasteiger partial charge is 0.493 e. The smallest absolute Gasteiger partial charge is 0.322 e. The Morgan fingerprint density at radius 1 is 1.15 bits per heavy atom. The average Bonchev–Trinajstić information content (AvgIpc) is 3.45. The topological polar surface area (TPSA) is 113 Å². The summed E-state index contributed by atoms with van der Waals surface area (Å²) < 4.78 is 5.54. The Bertz CT molecular complexity index is 1160. The van der Waals surface area contributed by atoms with Gasteiger partial charge < -0.3 is 30.9 Å². The van der Waals surface area contributed by atoms with Gasteiger partial charge in [0.05, 0.1) is 18.0 Å². The van der Waals surface area contributed by atoms with Gasteiger partial charge in [0.1, 0.15) is 11.4 Å². The van der Waals surface area contributed by atoms with Crippen molar-refractivity contribution in [2.24, 2.45) is 0 Å². The Morgan fingerprint density at radius 3 is 2.71 bits per heavy atom. The normalized spacial score (nSPS) is 12.2. The zero-order valence-electron chi connectivity index (χ0n) is 19.2. The maximum Gasteiger partial charge on any atom is 0.322 e. The van der Waals surface area contributed by atoms with Crippen LogP contribution in [-0.2, 0) is 13.0 Å². The molecule has 0 radical (unpaired) electrons. The van der Waals surface area contributed by atoms with Crippen LogP contribution in [0.2, 0.25) is 0 Å². The van der Waals surface area contributed by atoms with Crippen molar-refractivity contribution in [1.82, 2.24) is 14.8 Å². The number of urea groups is 1. The molecule has 4 rings (SSSR count). The molecule has 1 aromatic carbocycles. The first kappa shape index (κ1) is 23.5. The molecular weight excluding hydrogens is 452 g/mol. The highest BCUT2D eigenvalue weighted by molar-refractivity contribution is 7.09. The highest BCUT2D eigenvalue weighted by atomic mass is 32.1. The molecule has 1 aliphatic rings. The van der Waals surface area contributed by atoms with E-state index in [2.05, 4.69) is 15.6 Å². The van der Waals surface area contributed by atoms with Crippen molar-refractivity contribution in [1.29, 1.82) is 0 Å². The van der Waals surface area contributed by atoms with Gasteiger partial charge in [0.15, 0.2) is 0 Å². The lowest BCUT2D eigenvalue weighted by Gasteiger charge is -2.25. The summed E-state index contributed by atoms with van der Waals surface area (Å²) in [5.41, 5.74) is 9.86. The lowest BCUT2D eigenvalue weighted by molar-refractivity contribution is 0.102. The number of nitrogens with two attached hydrogens (primary N) is 1. The molecule has 0 saturated carbocycles. The number of hydrogen-bond donors (Lipinski definition) is 3. The molecule has 9 nitrogen and oxygen atoms in total. The van der Waals surface area contributed by atoms with Crippen LogP contribution in [0.4, 0.5) is 21.9 Å². The van der Waals surface area contributed by atoms with Crippen LogP contribution in [0.3, 0.4) is 0 Å². The zero-order valence-corrected chi connectivity index (χ0v) is 20.0. The quantitative estimate of drug-likeness (QED) is 0.455. The Labute approximate surface area is 202 Å². The Morgan fingerprint density at radius 2 is 2.00 bits per heavy atom. The van der Waals surface area contributed by atoms with E-state index in [9.17, 15) is 9.59 Å². The maximum absolute atomic E-state index is 13.1. The lowest BCUT2D eigenvalue weighted by Crippen LogP contribution is -2.39. The molecule has 3 heterocycles. The molecule has 2 aromatic heterocycles. The molecule has 10 heteroatoms. The molecule has 0 unspecified atom stereocenters. The number of pyridine rings is 1. The molecule has 0 spiro atoms. The molecule has 0 bridgehead atoms. The SMILES string of the molecule is CN(C)CCN(Cc1ccc(C(=O)Nc2cscc2N)nc1)C(=O)Nc1ccc2c(c1)CCO2. The summed E-state index contributed by atoms with van der Waals surface area (Å²) in [7, 11) is 3.93. The number of benzene rings is 1. The van der Waals surface area contributed by atoms with E-state index in [0.29, 0.717) is 37.6 Å². The predicted octanol–water partition coefficient (Wildman–Crippen LogP) is 3.51. The van der Waals surface area contributed by atoms with Crippen molar-refractivity contribution in [2.75, 3.05) is 50.2 Å². The van der Waals surface area contributed by atoms with Crippen LogP contribution >= 0.6 is 11.3 Å². The number of nitrogens with one attached hydrogen (secondary N) is 2. The minimum Gasteiger partial charge on any atom is -0.493 e. The first-order chi connectivity index (χ1) is 16.4. The molecule has 0 aliphatic carbocycles. The number of carbonyl (C=O) groups excluding carboxylic acids is 2. The summed E-state index contributed by atoms with van der Waals surface area (Å²) >= 11 is 1.41. The number of nitrogens with zero attached hydrogens (tertiary/aromatic N) is 3. The number of hydrogen-bond acceptors (Lipinski definition) is 7. The standard InChI is InChI=1S/C24H28N6O3S/c1-29(2)8-9-30(24(32)27-18-4-6-22-17(11-18)7-10-33-22)13-16-3-5-20(26-12-16)23(31)28-21-15-34-14-19(21)25/h3-6,11-12,14-15H,7-10,13,25H2,1-2H3,(H,27,32)(H,28,31). The lowest BCUT2D eigenvalue weighted by atomic mass is 10.1. The van der Waals surface area contributed by atoms with Gasteiger partial charge in [0.25, 0.3) is 5.91 Å². The third-order valence-corrected chi connectivity index (χ3v) is 6.18. The summed E-state index contributed by atoms with van der Waals surface area (Å²) in [4.78, 5) is 33.6. The number of amides is 3. The number of anilines is 3. The van der Waals surface area contributed by atoms with Gasteiger partial charge in [-0.1, -0.05) is 6.07 Å². The van der Waals surface area contributed by atoms with Crippen LogP contribution in [0.5, 0.6) is 5.75 Å². The van der Waals surface area contributed by atoms with Crippen LogP contribution in [-0.4, -0.2) is 60.5 Å². The van der Waals surface area contributed by atoms with Gasteiger partial charge in [0.2, 0.25) is 0 Å². The van der Waals surface area contributed by atoms with Crippen molar-refractivity contribution in [3.63, 3.8) is 0 Å². The fourth-order valence-corrected chi connectivity index (χ4v) is 4.18. The number of thiophene rings is 1. The Hall–Kier alpha value is -3.63.